The van der Waals surface area contributed by atoms with Gasteiger partial charge in [0.05, 0.1) is 6.54 Å². The molecule has 0 radical (unpaired) electrons. The van der Waals surface area contributed by atoms with E-state index in [1.807, 2.05) is 6.92 Å². The molecule has 2 aromatic rings. The zero-order valence-electron chi connectivity index (χ0n) is 15.6. The van der Waals surface area contributed by atoms with Gasteiger partial charge in [-0.05, 0) is 24.1 Å². The Hall–Kier alpha value is -3.36. The van der Waals surface area contributed by atoms with Crippen LogP contribution in [-0.4, -0.2) is 42.1 Å². The zero-order valence-corrected chi connectivity index (χ0v) is 15.6. The number of ether oxygens (including phenoxy) is 1. The van der Waals surface area contributed by atoms with E-state index in [1.54, 1.807) is 25.1 Å². The minimum absolute atomic E-state index is 0.242. The van der Waals surface area contributed by atoms with Gasteiger partial charge >= 0.3 is 11.6 Å². The van der Waals surface area contributed by atoms with Crippen LogP contribution >= 0.6 is 0 Å². The van der Waals surface area contributed by atoms with Gasteiger partial charge in [0, 0.05) is 17.5 Å². The minimum Gasteiger partial charge on any atom is -0.484 e. The fourth-order valence-electron chi connectivity index (χ4n) is 2.42. The van der Waals surface area contributed by atoms with Crippen molar-refractivity contribution in [2.45, 2.75) is 26.3 Å². The van der Waals surface area contributed by atoms with Crippen LogP contribution in [-0.2, 0) is 14.4 Å². The highest BCUT2D eigenvalue weighted by Gasteiger charge is 2.25. The predicted molar refractivity (Wildman–Crippen MR) is 100 cm³/mol. The molecule has 1 aromatic carbocycles. The predicted octanol–water partition coefficient (Wildman–Crippen LogP) is 0.903. The molecule has 0 unspecified atom stereocenters. The SMILES string of the molecule is CC[C@H](C)[C@H](NC(=O)CNC(=O)COc1ccc2ccc(=O)oc2c1)C(=O)O. The van der Waals surface area contributed by atoms with Crippen molar-refractivity contribution >= 4 is 28.8 Å². The number of carboxylic acid groups (broad SMARTS) is 1. The second-order valence-corrected chi connectivity index (χ2v) is 6.29. The van der Waals surface area contributed by atoms with Gasteiger partial charge in [0.1, 0.15) is 17.4 Å². The van der Waals surface area contributed by atoms with Gasteiger partial charge in [0.15, 0.2) is 6.61 Å². The molecule has 0 aliphatic carbocycles. The summed E-state index contributed by atoms with van der Waals surface area (Å²) in [6.45, 7) is 2.82. The van der Waals surface area contributed by atoms with Crippen molar-refractivity contribution in [2.75, 3.05) is 13.2 Å². The topological polar surface area (TPSA) is 135 Å². The number of rotatable bonds is 9. The van der Waals surface area contributed by atoms with Crippen molar-refractivity contribution in [2.24, 2.45) is 5.92 Å². The first kappa shape index (κ1) is 20.9. The van der Waals surface area contributed by atoms with Crippen LogP contribution in [0.15, 0.2) is 39.5 Å². The lowest BCUT2D eigenvalue weighted by Gasteiger charge is -2.20. The molecule has 9 nitrogen and oxygen atoms in total. The monoisotopic (exact) mass is 390 g/mol. The van der Waals surface area contributed by atoms with Crippen LogP contribution in [0.1, 0.15) is 20.3 Å². The number of carbonyl (C=O) groups is 3. The summed E-state index contributed by atoms with van der Waals surface area (Å²) in [5.74, 6) is -2.20. The Morgan fingerprint density at radius 2 is 1.89 bits per heavy atom. The normalized spacial score (nSPS) is 12.8. The van der Waals surface area contributed by atoms with E-state index in [-0.39, 0.29) is 19.1 Å². The molecule has 1 heterocycles. The van der Waals surface area contributed by atoms with Crippen molar-refractivity contribution in [3.05, 3.63) is 40.8 Å². The zero-order chi connectivity index (χ0) is 20.7. The Kier molecular flexibility index (Phi) is 7.14. The molecule has 2 amide bonds. The molecule has 0 spiro atoms. The molecule has 1 aromatic heterocycles. The molecule has 2 atom stereocenters. The molecule has 3 N–H and O–H groups in total. The maximum Gasteiger partial charge on any atom is 0.336 e. The smallest absolute Gasteiger partial charge is 0.336 e. The summed E-state index contributed by atoms with van der Waals surface area (Å²) in [7, 11) is 0. The third kappa shape index (κ3) is 5.83. The summed E-state index contributed by atoms with van der Waals surface area (Å²) in [5.41, 5.74) is -0.167. The number of nitrogens with one attached hydrogen (secondary N) is 2. The van der Waals surface area contributed by atoms with Gasteiger partial charge in [0.25, 0.3) is 5.91 Å². The fourth-order valence-corrected chi connectivity index (χ4v) is 2.42. The summed E-state index contributed by atoms with van der Waals surface area (Å²) in [6.07, 6.45) is 0.587. The Labute approximate surface area is 160 Å². The van der Waals surface area contributed by atoms with E-state index in [1.165, 1.54) is 12.1 Å². The molecule has 9 heteroatoms. The van der Waals surface area contributed by atoms with E-state index in [4.69, 9.17) is 14.3 Å². The quantitative estimate of drug-likeness (QED) is 0.542. The van der Waals surface area contributed by atoms with Crippen LogP contribution in [0.2, 0.25) is 0 Å². The Bertz CT molecular complexity index is 922. The lowest BCUT2D eigenvalue weighted by atomic mass is 9.99. The van der Waals surface area contributed by atoms with Crippen molar-refractivity contribution in [1.82, 2.24) is 10.6 Å². The molecular formula is C19H22N2O7. The molecular weight excluding hydrogens is 368 g/mol. The van der Waals surface area contributed by atoms with E-state index < -0.39 is 29.5 Å². The first-order chi connectivity index (χ1) is 13.3. The van der Waals surface area contributed by atoms with Crippen molar-refractivity contribution in [3.8, 4) is 5.75 Å². The minimum atomic E-state index is -1.12. The summed E-state index contributed by atoms with van der Waals surface area (Å²) in [5, 5.41) is 14.6. The third-order valence-electron chi connectivity index (χ3n) is 4.21. The van der Waals surface area contributed by atoms with Gasteiger partial charge in [-0.15, -0.1) is 0 Å². The number of carbonyl (C=O) groups excluding carboxylic acids is 2. The van der Waals surface area contributed by atoms with Crippen LogP contribution in [0.3, 0.4) is 0 Å². The number of amides is 2. The number of carboxylic acids is 1. The summed E-state index contributed by atoms with van der Waals surface area (Å²) in [4.78, 5) is 46.1. The van der Waals surface area contributed by atoms with E-state index >= 15 is 0 Å². The largest absolute Gasteiger partial charge is 0.484 e. The Morgan fingerprint density at radius 3 is 2.57 bits per heavy atom. The third-order valence-corrected chi connectivity index (χ3v) is 4.21. The Balaban J connectivity index is 1.83. The molecule has 0 saturated heterocycles. The van der Waals surface area contributed by atoms with Gasteiger partial charge in [-0.25, -0.2) is 9.59 Å². The van der Waals surface area contributed by atoms with Crippen LogP contribution < -0.4 is 21.0 Å². The molecule has 0 aliphatic rings. The van der Waals surface area contributed by atoms with Crippen molar-refractivity contribution < 1.29 is 28.6 Å². The van der Waals surface area contributed by atoms with Gasteiger partial charge in [-0.1, -0.05) is 20.3 Å². The van der Waals surface area contributed by atoms with Gasteiger partial charge < -0.3 is 24.9 Å². The van der Waals surface area contributed by atoms with Crippen LogP contribution in [0.4, 0.5) is 0 Å². The number of fused-ring (bicyclic) bond motifs is 1. The van der Waals surface area contributed by atoms with Gasteiger partial charge in [0.2, 0.25) is 5.91 Å². The molecule has 0 bridgehead atoms. The average Bonchev–Trinajstić information content (AvgIpc) is 2.67. The highest BCUT2D eigenvalue weighted by molar-refractivity contribution is 5.88. The highest BCUT2D eigenvalue weighted by atomic mass is 16.5. The van der Waals surface area contributed by atoms with Crippen LogP contribution in [0, 0.1) is 5.92 Å². The maximum atomic E-state index is 11.9. The van der Waals surface area contributed by atoms with E-state index in [9.17, 15) is 19.2 Å². The molecule has 2 rings (SSSR count). The summed E-state index contributed by atoms with van der Waals surface area (Å²) in [6, 6.07) is 6.68. The van der Waals surface area contributed by atoms with E-state index in [0.29, 0.717) is 23.1 Å². The lowest BCUT2D eigenvalue weighted by molar-refractivity contribution is -0.143. The van der Waals surface area contributed by atoms with Gasteiger partial charge in [-0.2, -0.15) is 0 Å². The number of hydrogen-bond donors (Lipinski definition) is 3. The lowest BCUT2D eigenvalue weighted by Crippen LogP contribution is -2.48. The number of hydrogen-bond acceptors (Lipinski definition) is 6. The van der Waals surface area contributed by atoms with Crippen molar-refractivity contribution in [1.29, 1.82) is 0 Å². The van der Waals surface area contributed by atoms with Crippen LogP contribution in [0.25, 0.3) is 11.0 Å². The van der Waals surface area contributed by atoms with Crippen molar-refractivity contribution in [3.63, 3.8) is 0 Å². The second-order valence-electron chi connectivity index (χ2n) is 6.29. The Morgan fingerprint density at radius 1 is 1.18 bits per heavy atom. The molecule has 0 aliphatic heterocycles. The first-order valence-corrected chi connectivity index (χ1v) is 8.75. The second kappa shape index (κ2) is 9.54. The fraction of sp³-hybridized carbons (Fsp3) is 0.368. The molecule has 150 valence electrons. The first-order valence-electron chi connectivity index (χ1n) is 8.75. The molecule has 0 saturated carbocycles. The number of aliphatic carboxylic acids is 1. The molecule has 28 heavy (non-hydrogen) atoms. The van der Waals surface area contributed by atoms with E-state index in [2.05, 4.69) is 10.6 Å². The molecule has 0 fully saturated rings. The number of benzene rings is 1. The highest BCUT2D eigenvalue weighted by Crippen LogP contribution is 2.19. The summed E-state index contributed by atoms with van der Waals surface area (Å²) < 4.78 is 10.4. The van der Waals surface area contributed by atoms with E-state index in [0.717, 1.165) is 0 Å². The average molecular weight is 390 g/mol. The standard InChI is InChI=1S/C19H22N2O7/c1-3-11(2)18(19(25)26)21-15(22)9-20-16(23)10-27-13-6-4-12-5-7-17(24)28-14(12)8-13/h4-8,11,18H,3,9-10H2,1-2H3,(H,20,23)(H,21,22)(H,25,26)/t11-,18-/m0/s1. The maximum absolute atomic E-state index is 11.9. The van der Waals surface area contributed by atoms with Gasteiger partial charge in [-0.3, -0.25) is 9.59 Å². The summed E-state index contributed by atoms with van der Waals surface area (Å²) >= 11 is 0. The van der Waals surface area contributed by atoms with Crippen LogP contribution in [0.5, 0.6) is 5.75 Å².